The summed E-state index contributed by atoms with van der Waals surface area (Å²) < 4.78 is 0.870. The molecule has 19 heavy (non-hydrogen) atoms. The molecule has 0 saturated carbocycles. The van der Waals surface area contributed by atoms with E-state index in [2.05, 4.69) is 33.1 Å². The van der Waals surface area contributed by atoms with Crippen molar-refractivity contribution in [2.75, 3.05) is 26.2 Å². The molecule has 0 aromatic heterocycles. The summed E-state index contributed by atoms with van der Waals surface area (Å²) >= 11 is 3.51. The Morgan fingerprint density at radius 3 is 2.74 bits per heavy atom. The number of phenols is 1. The molecule has 4 nitrogen and oxygen atoms in total. The first-order valence-corrected chi connectivity index (χ1v) is 7.34. The number of nitrogens with zero attached hydrogens (tertiary/aromatic N) is 2. The van der Waals surface area contributed by atoms with Crippen LogP contribution < -0.4 is 5.32 Å². The second kappa shape index (κ2) is 6.38. The number of rotatable bonds is 3. The van der Waals surface area contributed by atoms with Gasteiger partial charge in [0.1, 0.15) is 11.8 Å². The van der Waals surface area contributed by atoms with Gasteiger partial charge in [0.05, 0.1) is 5.56 Å². The summed E-state index contributed by atoms with van der Waals surface area (Å²) in [6.45, 7) is 5.96. The Labute approximate surface area is 122 Å². The second-order valence-electron chi connectivity index (χ2n) is 4.68. The highest BCUT2D eigenvalue weighted by atomic mass is 79.9. The van der Waals surface area contributed by atoms with Gasteiger partial charge < -0.3 is 10.4 Å². The molecule has 1 atom stereocenters. The molecule has 1 aliphatic heterocycles. The molecule has 1 aliphatic rings. The lowest BCUT2D eigenvalue weighted by atomic mass is 9.98. The lowest BCUT2D eigenvalue weighted by molar-refractivity contribution is 0.166. The monoisotopic (exact) mass is 323 g/mol. The highest BCUT2D eigenvalue weighted by Gasteiger charge is 2.26. The average Bonchev–Trinajstić information content (AvgIpc) is 2.44. The second-order valence-corrected chi connectivity index (χ2v) is 5.53. The van der Waals surface area contributed by atoms with Gasteiger partial charge in [-0.1, -0.05) is 22.9 Å². The Hall–Kier alpha value is -1.09. The first-order chi connectivity index (χ1) is 9.19. The maximum atomic E-state index is 10.3. The van der Waals surface area contributed by atoms with Crippen molar-refractivity contribution < 1.29 is 5.11 Å². The van der Waals surface area contributed by atoms with Gasteiger partial charge in [-0.05, 0) is 18.6 Å². The van der Waals surface area contributed by atoms with Crippen molar-refractivity contribution in [2.24, 2.45) is 0 Å². The van der Waals surface area contributed by atoms with Gasteiger partial charge in [-0.25, -0.2) is 0 Å². The molecule has 0 bridgehead atoms. The Morgan fingerprint density at radius 1 is 1.47 bits per heavy atom. The smallest absolute Gasteiger partial charge is 0.139 e. The van der Waals surface area contributed by atoms with Crippen molar-refractivity contribution in [1.29, 1.82) is 5.26 Å². The van der Waals surface area contributed by atoms with Gasteiger partial charge in [-0.15, -0.1) is 0 Å². The fourth-order valence-corrected chi connectivity index (χ4v) is 3.21. The van der Waals surface area contributed by atoms with Crippen LogP contribution in [-0.2, 0) is 0 Å². The van der Waals surface area contributed by atoms with Crippen molar-refractivity contribution in [2.45, 2.75) is 19.4 Å². The Balaban J connectivity index is 2.40. The molecule has 0 amide bonds. The van der Waals surface area contributed by atoms with Crippen LogP contribution in [0.3, 0.4) is 0 Å². The highest BCUT2D eigenvalue weighted by Crippen LogP contribution is 2.38. The summed E-state index contributed by atoms with van der Waals surface area (Å²) in [5.74, 6) is 0.113. The maximum Gasteiger partial charge on any atom is 0.139 e. The van der Waals surface area contributed by atoms with Crippen LogP contribution >= 0.6 is 15.9 Å². The van der Waals surface area contributed by atoms with E-state index in [9.17, 15) is 5.11 Å². The third kappa shape index (κ3) is 2.92. The molecule has 1 saturated heterocycles. The third-order valence-electron chi connectivity index (χ3n) is 3.60. The van der Waals surface area contributed by atoms with E-state index >= 15 is 0 Å². The van der Waals surface area contributed by atoms with Gasteiger partial charge in [0, 0.05) is 42.3 Å². The van der Waals surface area contributed by atoms with Gasteiger partial charge in [0.15, 0.2) is 0 Å². The summed E-state index contributed by atoms with van der Waals surface area (Å²) in [4.78, 5) is 2.36. The van der Waals surface area contributed by atoms with Crippen LogP contribution in [-0.4, -0.2) is 36.2 Å². The van der Waals surface area contributed by atoms with E-state index in [1.54, 1.807) is 6.07 Å². The minimum Gasteiger partial charge on any atom is -0.506 e. The molecule has 102 valence electrons. The van der Waals surface area contributed by atoms with E-state index in [1.807, 2.05) is 12.1 Å². The normalized spacial score (nSPS) is 17.9. The van der Waals surface area contributed by atoms with E-state index in [0.717, 1.165) is 42.6 Å². The summed E-state index contributed by atoms with van der Waals surface area (Å²) in [7, 11) is 0. The molecule has 5 heteroatoms. The standard InChI is InChI=1S/C14H18BrN3O/c1-2-12(18-7-5-17-6-8-18)13-11(15)4-3-10(9-16)14(13)19/h3-4,12,17,19H,2,5-8H2,1H3/t12-/m0/s1. The van der Waals surface area contributed by atoms with Crippen LogP contribution in [0.5, 0.6) is 5.75 Å². The van der Waals surface area contributed by atoms with Gasteiger partial charge in [-0.2, -0.15) is 5.26 Å². The molecule has 2 rings (SSSR count). The van der Waals surface area contributed by atoms with E-state index in [-0.39, 0.29) is 11.8 Å². The lowest BCUT2D eigenvalue weighted by Crippen LogP contribution is -2.45. The summed E-state index contributed by atoms with van der Waals surface area (Å²) in [5.41, 5.74) is 1.18. The first kappa shape index (κ1) is 14.3. The quantitative estimate of drug-likeness (QED) is 0.896. The zero-order chi connectivity index (χ0) is 13.8. The zero-order valence-electron chi connectivity index (χ0n) is 11.0. The number of benzene rings is 1. The fourth-order valence-electron chi connectivity index (χ4n) is 2.63. The van der Waals surface area contributed by atoms with Gasteiger partial charge >= 0.3 is 0 Å². The number of piperazine rings is 1. The molecule has 1 aromatic rings. The molecule has 0 radical (unpaired) electrons. The van der Waals surface area contributed by atoms with Gasteiger partial charge in [0.2, 0.25) is 0 Å². The van der Waals surface area contributed by atoms with Crippen LogP contribution in [0.1, 0.15) is 30.5 Å². The van der Waals surface area contributed by atoms with Crippen molar-refractivity contribution in [1.82, 2.24) is 10.2 Å². The lowest BCUT2D eigenvalue weighted by Gasteiger charge is -2.35. The first-order valence-electron chi connectivity index (χ1n) is 6.55. The molecule has 1 aromatic carbocycles. The molecule has 1 fully saturated rings. The molecular weight excluding hydrogens is 306 g/mol. The number of halogens is 1. The van der Waals surface area contributed by atoms with Gasteiger partial charge in [-0.3, -0.25) is 4.90 Å². The van der Waals surface area contributed by atoms with E-state index < -0.39 is 0 Å². The molecular formula is C14H18BrN3O. The molecule has 2 N–H and O–H groups in total. The minimum atomic E-state index is 0.113. The number of nitriles is 1. The number of aromatic hydroxyl groups is 1. The Kier molecular flexibility index (Phi) is 4.81. The summed E-state index contributed by atoms with van der Waals surface area (Å²) in [6.07, 6.45) is 0.904. The SMILES string of the molecule is CC[C@@H](c1c(Br)ccc(C#N)c1O)N1CCNCC1. The topological polar surface area (TPSA) is 59.3 Å². The average molecular weight is 324 g/mol. The molecule has 0 spiro atoms. The van der Waals surface area contributed by atoms with Crippen LogP contribution in [0.4, 0.5) is 0 Å². The van der Waals surface area contributed by atoms with Crippen molar-refractivity contribution in [3.05, 3.63) is 27.7 Å². The van der Waals surface area contributed by atoms with E-state index in [1.165, 1.54) is 0 Å². The van der Waals surface area contributed by atoms with Crippen molar-refractivity contribution in [3.63, 3.8) is 0 Å². The zero-order valence-corrected chi connectivity index (χ0v) is 12.6. The predicted molar refractivity (Wildman–Crippen MR) is 78.0 cm³/mol. The number of hydrogen-bond acceptors (Lipinski definition) is 4. The van der Waals surface area contributed by atoms with E-state index in [0.29, 0.717) is 5.56 Å². The third-order valence-corrected chi connectivity index (χ3v) is 4.29. The molecule has 0 unspecified atom stereocenters. The van der Waals surface area contributed by atoms with Gasteiger partial charge in [0.25, 0.3) is 0 Å². The van der Waals surface area contributed by atoms with Crippen molar-refractivity contribution >= 4 is 15.9 Å². The van der Waals surface area contributed by atoms with E-state index in [4.69, 9.17) is 5.26 Å². The molecule has 0 aliphatic carbocycles. The van der Waals surface area contributed by atoms with Crippen LogP contribution in [0.25, 0.3) is 0 Å². The Bertz CT molecular complexity index is 492. The Morgan fingerprint density at radius 2 is 2.16 bits per heavy atom. The fraction of sp³-hybridized carbons (Fsp3) is 0.500. The number of hydrogen-bond donors (Lipinski definition) is 2. The maximum absolute atomic E-state index is 10.3. The van der Waals surface area contributed by atoms with Crippen molar-refractivity contribution in [3.8, 4) is 11.8 Å². The van der Waals surface area contributed by atoms with Crippen LogP contribution in [0, 0.1) is 11.3 Å². The molecule has 1 heterocycles. The van der Waals surface area contributed by atoms with Crippen LogP contribution in [0.2, 0.25) is 0 Å². The number of nitrogens with one attached hydrogen (secondary N) is 1. The predicted octanol–water partition coefficient (Wildman–Crippen LogP) is 2.38. The summed E-state index contributed by atoms with van der Waals surface area (Å²) in [5, 5.41) is 22.7. The minimum absolute atomic E-state index is 0.113. The number of phenolic OH excluding ortho intramolecular Hbond substituents is 1. The summed E-state index contributed by atoms with van der Waals surface area (Å²) in [6, 6.07) is 5.68. The van der Waals surface area contributed by atoms with Crippen LogP contribution in [0.15, 0.2) is 16.6 Å². The largest absolute Gasteiger partial charge is 0.506 e. The highest BCUT2D eigenvalue weighted by molar-refractivity contribution is 9.10.